The number of thiophene rings is 1. The predicted octanol–water partition coefficient (Wildman–Crippen LogP) is 3.02. The van der Waals surface area contributed by atoms with Crippen molar-refractivity contribution in [1.29, 1.82) is 5.26 Å². The van der Waals surface area contributed by atoms with Crippen molar-refractivity contribution in [3.8, 4) is 6.07 Å². The lowest BCUT2D eigenvalue weighted by atomic mass is 10.3. The first-order chi connectivity index (χ1) is 8.36. The first-order valence-electron chi connectivity index (χ1n) is 5.23. The highest BCUT2D eigenvalue weighted by molar-refractivity contribution is 7.10. The van der Waals surface area contributed by atoms with Crippen LogP contribution in [0.4, 0.5) is 0 Å². The topological polar surface area (TPSA) is 41.6 Å². The van der Waals surface area contributed by atoms with Gasteiger partial charge in [0, 0.05) is 34.2 Å². The van der Waals surface area contributed by atoms with Crippen molar-refractivity contribution in [2.45, 2.75) is 6.54 Å². The summed E-state index contributed by atoms with van der Waals surface area (Å²) in [4.78, 5) is 5.29. The van der Waals surface area contributed by atoms with Gasteiger partial charge in [-0.3, -0.25) is 4.98 Å². The lowest BCUT2D eigenvalue weighted by molar-refractivity contribution is 0.851. The molecule has 3 rings (SSSR count). The van der Waals surface area contributed by atoms with Crippen LogP contribution in [0.5, 0.6) is 0 Å². The van der Waals surface area contributed by atoms with Crippen molar-refractivity contribution in [3.63, 3.8) is 0 Å². The minimum absolute atomic E-state index is 0.739. The summed E-state index contributed by atoms with van der Waals surface area (Å²) >= 11 is 1.62. The third-order valence-corrected chi connectivity index (χ3v) is 3.60. The van der Waals surface area contributed by atoms with Crippen LogP contribution >= 0.6 is 11.3 Å². The van der Waals surface area contributed by atoms with Crippen LogP contribution in [-0.2, 0) is 6.54 Å². The van der Waals surface area contributed by atoms with Gasteiger partial charge < -0.3 is 4.57 Å². The largest absolute Gasteiger partial charge is 0.342 e. The fourth-order valence-corrected chi connectivity index (χ4v) is 2.68. The number of pyridine rings is 1. The van der Waals surface area contributed by atoms with E-state index in [1.54, 1.807) is 17.5 Å². The second kappa shape index (κ2) is 4.04. The van der Waals surface area contributed by atoms with Gasteiger partial charge in [-0.15, -0.1) is 11.3 Å². The zero-order chi connectivity index (χ0) is 11.7. The molecular weight excluding hydrogens is 230 g/mol. The Labute approximate surface area is 103 Å². The number of rotatable bonds is 2. The second-order valence-electron chi connectivity index (χ2n) is 3.79. The quantitative estimate of drug-likeness (QED) is 0.689. The van der Waals surface area contributed by atoms with Crippen LogP contribution in [0, 0.1) is 11.3 Å². The molecule has 0 saturated heterocycles. The van der Waals surface area contributed by atoms with Gasteiger partial charge in [-0.25, -0.2) is 0 Å². The van der Waals surface area contributed by atoms with Gasteiger partial charge in [0.25, 0.3) is 0 Å². The Morgan fingerprint density at radius 1 is 1.41 bits per heavy atom. The van der Waals surface area contributed by atoms with Gasteiger partial charge in [-0.05, 0) is 18.2 Å². The van der Waals surface area contributed by atoms with Gasteiger partial charge in [0.05, 0.1) is 17.6 Å². The lowest BCUT2D eigenvalue weighted by Gasteiger charge is -2.02. The fourth-order valence-electron chi connectivity index (χ4n) is 1.87. The van der Waals surface area contributed by atoms with Crippen LogP contribution in [0.25, 0.3) is 10.9 Å². The highest BCUT2D eigenvalue weighted by atomic mass is 32.1. The molecule has 17 heavy (non-hydrogen) atoms. The standard InChI is InChI=1S/C13H9N3S/c14-6-10-5-12(17-9-10)8-16-4-2-11-7-15-3-1-13(11)16/h1-5,7,9H,8H2. The second-order valence-corrected chi connectivity index (χ2v) is 4.79. The Hall–Kier alpha value is -2.12. The zero-order valence-electron chi connectivity index (χ0n) is 9.00. The fraction of sp³-hybridized carbons (Fsp3) is 0.0769. The summed E-state index contributed by atoms with van der Waals surface area (Å²) in [7, 11) is 0. The molecule has 0 atom stereocenters. The van der Waals surface area contributed by atoms with Crippen LogP contribution in [0.2, 0.25) is 0 Å². The van der Waals surface area contributed by atoms with Gasteiger partial charge in [-0.2, -0.15) is 5.26 Å². The number of nitrogens with zero attached hydrogens (tertiary/aromatic N) is 3. The molecule has 0 radical (unpaired) electrons. The molecule has 0 N–H and O–H groups in total. The summed E-state index contributed by atoms with van der Waals surface area (Å²) in [5.74, 6) is 0. The molecule has 0 bridgehead atoms. The van der Waals surface area contributed by atoms with E-state index in [1.165, 1.54) is 10.4 Å². The van der Waals surface area contributed by atoms with Crippen LogP contribution in [0.1, 0.15) is 10.4 Å². The summed E-state index contributed by atoms with van der Waals surface area (Å²) in [5, 5.41) is 11.8. The number of aromatic nitrogens is 2. The van der Waals surface area contributed by atoms with Crippen LogP contribution < -0.4 is 0 Å². The van der Waals surface area contributed by atoms with Gasteiger partial charge >= 0.3 is 0 Å². The van der Waals surface area contributed by atoms with E-state index >= 15 is 0 Å². The van der Waals surface area contributed by atoms with E-state index in [2.05, 4.69) is 27.9 Å². The van der Waals surface area contributed by atoms with E-state index in [9.17, 15) is 0 Å². The monoisotopic (exact) mass is 239 g/mol. The molecule has 4 heteroatoms. The molecule has 0 aliphatic rings. The van der Waals surface area contributed by atoms with Crippen molar-refractivity contribution in [2.24, 2.45) is 0 Å². The SMILES string of the molecule is N#Cc1csc(Cn2ccc3cnccc32)c1. The molecule has 0 fully saturated rings. The smallest absolute Gasteiger partial charge is 0.100 e. The first-order valence-corrected chi connectivity index (χ1v) is 6.11. The van der Waals surface area contributed by atoms with Gasteiger partial charge in [0.2, 0.25) is 0 Å². The van der Waals surface area contributed by atoms with Gasteiger partial charge in [0.1, 0.15) is 6.07 Å². The number of fused-ring (bicyclic) bond motifs is 1. The molecule has 3 aromatic heterocycles. The molecule has 82 valence electrons. The lowest BCUT2D eigenvalue weighted by Crippen LogP contribution is -1.95. The Morgan fingerprint density at radius 2 is 2.35 bits per heavy atom. The minimum Gasteiger partial charge on any atom is -0.342 e. The van der Waals surface area contributed by atoms with Gasteiger partial charge in [-0.1, -0.05) is 0 Å². The highest BCUT2D eigenvalue weighted by Gasteiger charge is 2.03. The average molecular weight is 239 g/mol. The maximum absolute atomic E-state index is 8.79. The molecule has 0 amide bonds. The molecular formula is C13H9N3S. The zero-order valence-corrected chi connectivity index (χ0v) is 9.81. The molecule has 0 spiro atoms. The van der Waals surface area contributed by atoms with Crippen molar-refractivity contribution >= 4 is 22.2 Å². The highest BCUT2D eigenvalue weighted by Crippen LogP contribution is 2.19. The van der Waals surface area contributed by atoms with E-state index in [-0.39, 0.29) is 0 Å². The number of nitriles is 1. The normalized spacial score (nSPS) is 10.5. The Bertz CT molecular complexity index is 703. The molecule has 0 saturated carbocycles. The molecule has 0 aliphatic carbocycles. The summed E-state index contributed by atoms with van der Waals surface area (Å²) in [6, 6.07) is 8.16. The third kappa shape index (κ3) is 1.81. The molecule has 0 unspecified atom stereocenters. The van der Waals surface area contributed by atoms with Crippen LogP contribution in [0.15, 0.2) is 42.2 Å². The maximum atomic E-state index is 8.79. The molecule has 0 aromatic carbocycles. The molecule has 0 aliphatic heterocycles. The number of hydrogen-bond acceptors (Lipinski definition) is 3. The summed E-state index contributed by atoms with van der Waals surface area (Å²) < 4.78 is 2.17. The van der Waals surface area contributed by atoms with Crippen molar-refractivity contribution in [1.82, 2.24) is 9.55 Å². The number of hydrogen-bond donors (Lipinski definition) is 0. The van der Waals surface area contributed by atoms with E-state index in [0.717, 1.165) is 17.5 Å². The van der Waals surface area contributed by atoms with Crippen LogP contribution in [0.3, 0.4) is 0 Å². The van der Waals surface area contributed by atoms with Crippen LogP contribution in [-0.4, -0.2) is 9.55 Å². The van der Waals surface area contributed by atoms with E-state index < -0.39 is 0 Å². The summed E-state index contributed by atoms with van der Waals surface area (Å²) in [6.07, 6.45) is 5.72. The molecule has 3 heterocycles. The Balaban J connectivity index is 1.97. The molecule has 3 nitrogen and oxygen atoms in total. The third-order valence-electron chi connectivity index (χ3n) is 2.68. The molecule has 3 aromatic rings. The average Bonchev–Trinajstić information content (AvgIpc) is 2.97. The van der Waals surface area contributed by atoms with E-state index in [0.29, 0.717) is 0 Å². The van der Waals surface area contributed by atoms with Gasteiger partial charge in [0.15, 0.2) is 0 Å². The van der Waals surface area contributed by atoms with Crippen molar-refractivity contribution in [2.75, 3.05) is 0 Å². The first kappa shape index (κ1) is 10.1. The van der Waals surface area contributed by atoms with E-state index in [1.807, 2.05) is 23.7 Å². The van der Waals surface area contributed by atoms with Crippen molar-refractivity contribution < 1.29 is 0 Å². The Morgan fingerprint density at radius 3 is 3.18 bits per heavy atom. The van der Waals surface area contributed by atoms with E-state index in [4.69, 9.17) is 5.26 Å². The Kier molecular flexibility index (Phi) is 2.39. The maximum Gasteiger partial charge on any atom is 0.100 e. The predicted molar refractivity (Wildman–Crippen MR) is 67.9 cm³/mol. The minimum atomic E-state index is 0.739. The summed E-state index contributed by atoms with van der Waals surface area (Å²) in [5.41, 5.74) is 1.91. The summed E-state index contributed by atoms with van der Waals surface area (Å²) in [6.45, 7) is 0.805. The van der Waals surface area contributed by atoms with Crippen molar-refractivity contribution in [3.05, 3.63) is 52.6 Å².